The average molecular weight is 424 g/mol. The molecule has 8 heteroatoms. The van der Waals surface area contributed by atoms with E-state index in [1.165, 1.54) is 29.2 Å². The van der Waals surface area contributed by atoms with Gasteiger partial charge in [-0.25, -0.2) is 4.98 Å². The maximum Gasteiger partial charge on any atom is 0.258 e. The molecule has 0 unspecified atom stereocenters. The first-order valence-corrected chi connectivity index (χ1v) is 9.96. The number of carbonyl (C=O) groups excluding carboxylic acids is 1. The van der Waals surface area contributed by atoms with Crippen LogP contribution in [0.25, 0.3) is 4.96 Å². The standard InChI is InChI=1S/C16H14BrN3O2S2/c1-10-7-24-16-18-11(6-15(22)20(10)16)8-23-9-14(21)19-13-5-3-2-4-12(13)17/h2-7H,8-9H2,1H3,(H,19,21). The van der Waals surface area contributed by atoms with E-state index in [0.29, 0.717) is 22.2 Å². The first-order valence-electron chi connectivity index (χ1n) is 7.13. The molecule has 1 amide bonds. The maximum absolute atomic E-state index is 12.1. The molecule has 0 atom stereocenters. The number of amides is 1. The van der Waals surface area contributed by atoms with Crippen LogP contribution in [0.4, 0.5) is 5.69 Å². The SMILES string of the molecule is Cc1csc2nc(CSCC(=O)Nc3ccccc3Br)cc(=O)n12. The van der Waals surface area contributed by atoms with E-state index < -0.39 is 0 Å². The van der Waals surface area contributed by atoms with Crippen molar-refractivity contribution in [3.05, 3.63) is 61.9 Å². The van der Waals surface area contributed by atoms with Crippen LogP contribution in [-0.2, 0) is 10.5 Å². The van der Waals surface area contributed by atoms with Gasteiger partial charge < -0.3 is 5.32 Å². The largest absolute Gasteiger partial charge is 0.324 e. The molecule has 1 N–H and O–H groups in total. The quantitative estimate of drug-likeness (QED) is 0.679. The summed E-state index contributed by atoms with van der Waals surface area (Å²) in [6, 6.07) is 9.00. The van der Waals surface area contributed by atoms with Crippen molar-refractivity contribution in [2.75, 3.05) is 11.1 Å². The minimum atomic E-state index is -0.0864. The Labute approximate surface area is 155 Å². The van der Waals surface area contributed by atoms with Gasteiger partial charge in [0, 0.05) is 27.4 Å². The zero-order valence-corrected chi connectivity index (χ0v) is 16.0. The summed E-state index contributed by atoms with van der Waals surface area (Å²) in [5.74, 6) is 0.731. The number of hydrogen-bond acceptors (Lipinski definition) is 5. The molecule has 0 saturated heterocycles. The summed E-state index contributed by atoms with van der Waals surface area (Å²) in [5, 5.41) is 4.76. The van der Waals surface area contributed by atoms with Crippen LogP contribution >= 0.6 is 39.0 Å². The maximum atomic E-state index is 12.1. The molecule has 2 heterocycles. The molecule has 1 aromatic carbocycles. The van der Waals surface area contributed by atoms with Gasteiger partial charge in [0.25, 0.3) is 5.56 Å². The van der Waals surface area contributed by atoms with Crippen LogP contribution in [0.15, 0.2) is 45.0 Å². The van der Waals surface area contributed by atoms with E-state index in [2.05, 4.69) is 26.2 Å². The van der Waals surface area contributed by atoms with Crippen LogP contribution in [-0.4, -0.2) is 21.0 Å². The summed E-state index contributed by atoms with van der Waals surface area (Å²) in [7, 11) is 0. The van der Waals surface area contributed by atoms with Gasteiger partial charge in [-0.15, -0.1) is 23.1 Å². The number of para-hydroxylation sites is 1. The van der Waals surface area contributed by atoms with Crippen molar-refractivity contribution in [2.24, 2.45) is 0 Å². The number of nitrogens with one attached hydrogen (secondary N) is 1. The van der Waals surface area contributed by atoms with E-state index in [-0.39, 0.29) is 11.5 Å². The fourth-order valence-electron chi connectivity index (χ4n) is 2.17. The number of aryl methyl sites for hydroxylation is 1. The number of hydrogen-bond donors (Lipinski definition) is 1. The average Bonchev–Trinajstić information content (AvgIpc) is 2.91. The third-order valence-corrected chi connectivity index (χ3v) is 5.86. The number of thiazole rings is 1. The molecule has 2 aromatic heterocycles. The van der Waals surface area contributed by atoms with Crippen LogP contribution in [0, 0.1) is 6.92 Å². The summed E-state index contributed by atoms with van der Waals surface area (Å²) in [6.45, 7) is 1.88. The van der Waals surface area contributed by atoms with Crippen molar-refractivity contribution in [2.45, 2.75) is 12.7 Å². The Morgan fingerprint density at radius 2 is 2.21 bits per heavy atom. The number of aromatic nitrogens is 2. The molecule has 124 valence electrons. The van der Waals surface area contributed by atoms with E-state index >= 15 is 0 Å². The predicted molar refractivity (Wildman–Crippen MR) is 103 cm³/mol. The molecule has 0 bridgehead atoms. The molecule has 0 aliphatic carbocycles. The highest BCUT2D eigenvalue weighted by Crippen LogP contribution is 2.21. The van der Waals surface area contributed by atoms with Crippen LogP contribution in [0.3, 0.4) is 0 Å². The van der Waals surface area contributed by atoms with E-state index in [1.807, 2.05) is 36.6 Å². The van der Waals surface area contributed by atoms with Gasteiger partial charge in [-0.3, -0.25) is 14.0 Å². The monoisotopic (exact) mass is 423 g/mol. The molecule has 3 rings (SSSR count). The van der Waals surface area contributed by atoms with Crippen molar-refractivity contribution in [1.82, 2.24) is 9.38 Å². The molecule has 3 aromatic rings. The zero-order valence-electron chi connectivity index (χ0n) is 12.8. The molecule has 0 spiro atoms. The Bertz CT molecular complexity index is 952. The topological polar surface area (TPSA) is 63.5 Å². The third-order valence-electron chi connectivity index (χ3n) is 3.26. The van der Waals surface area contributed by atoms with Crippen molar-refractivity contribution in [3.8, 4) is 0 Å². The molecular formula is C16H14BrN3O2S2. The Morgan fingerprint density at radius 3 is 3.00 bits per heavy atom. The number of fused-ring (bicyclic) bond motifs is 1. The van der Waals surface area contributed by atoms with E-state index in [1.54, 1.807) is 4.40 Å². The Morgan fingerprint density at radius 1 is 1.42 bits per heavy atom. The lowest BCUT2D eigenvalue weighted by Crippen LogP contribution is -2.16. The number of halogens is 1. The number of carbonyl (C=O) groups is 1. The van der Waals surface area contributed by atoms with Crippen molar-refractivity contribution >= 4 is 55.6 Å². The summed E-state index contributed by atoms with van der Waals surface area (Å²) < 4.78 is 2.44. The summed E-state index contributed by atoms with van der Waals surface area (Å²) >= 11 is 6.27. The lowest BCUT2D eigenvalue weighted by Gasteiger charge is -2.07. The second-order valence-corrected chi connectivity index (χ2v) is 7.78. The summed E-state index contributed by atoms with van der Waals surface area (Å²) in [4.78, 5) is 29.3. The fraction of sp³-hybridized carbons (Fsp3) is 0.188. The smallest absolute Gasteiger partial charge is 0.258 e. The van der Waals surface area contributed by atoms with Gasteiger partial charge in [0.05, 0.1) is 17.1 Å². The highest BCUT2D eigenvalue weighted by atomic mass is 79.9. The molecular weight excluding hydrogens is 410 g/mol. The van der Waals surface area contributed by atoms with Crippen LogP contribution < -0.4 is 10.9 Å². The second-order valence-electron chi connectivity index (χ2n) is 5.10. The molecule has 0 fully saturated rings. The van der Waals surface area contributed by atoms with E-state index in [4.69, 9.17) is 0 Å². The van der Waals surface area contributed by atoms with Gasteiger partial charge in [0.2, 0.25) is 5.91 Å². The first kappa shape index (κ1) is 17.2. The Hall–Kier alpha value is -1.64. The van der Waals surface area contributed by atoms with E-state index in [9.17, 15) is 9.59 Å². The van der Waals surface area contributed by atoms with Gasteiger partial charge in [0.15, 0.2) is 4.96 Å². The molecule has 0 aliphatic heterocycles. The summed E-state index contributed by atoms with van der Waals surface area (Å²) in [5.41, 5.74) is 2.25. The fourth-order valence-corrected chi connectivity index (χ4v) is 4.16. The van der Waals surface area contributed by atoms with E-state index in [0.717, 1.165) is 15.9 Å². The number of anilines is 1. The number of nitrogens with zero attached hydrogens (tertiary/aromatic N) is 2. The molecule has 0 radical (unpaired) electrons. The van der Waals surface area contributed by atoms with Crippen molar-refractivity contribution in [1.29, 1.82) is 0 Å². The van der Waals surface area contributed by atoms with Gasteiger partial charge >= 0.3 is 0 Å². The van der Waals surface area contributed by atoms with Gasteiger partial charge in [-0.05, 0) is 35.0 Å². The number of benzene rings is 1. The van der Waals surface area contributed by atoms with Crippen LogP contribution in [0.1, 0.15) is 11.4 Å². The lowest BCUT2D eigenvalue weighted by atomic mass is 10.3. The Kier molecular flexibility index (Phi) is 5.37. The van der Waals surface area contributed by atoms with Gasteiger partial charge in [-0.2, -0.15) is 0 Å². The highest BCUT2D eigenvalue weighted by molar-refractivity contribution is 9.10. The van der Waals surface area contributed by atoms with Crippen LogP contribution in [0.2, 0.25) is 0 Å². The lowest BCUT2D eigenvalue weighted by molar-refractivity contribution is -0.113. The number of rotatable bonds is 5. The highest BCUT2D eigenvalue weighted by Gasteiger charge is 2.09. The first-order chi connectivity index (χ1) is 11.5. The molecule has 24 heavy (non-hydrogen) atoms. The third kappa shape index (κ3) is 3.88. The van der Waals surface area contributed by atoms with Crippen LogP contribution in [0.5, 0.6) is 0 Å². The Balaban J connectivity index is 1.59. The van der Waals surface area contributed by atoms with Crippen molar-refractivity contribution < 1.29 is 4.79 Å². The number of thioether (sulfide) groups is 1. The summed E-state index contributed by atoms with van der Waals surface area (Å²) in [6.07, 6.45) is 0. The molecule has 5 nitrogen and oxygen atoms in total. The molecule has 0 aliphatic rings. The normalized spacial score (nSPS) is 10.9. The predicted octanol–water partition coefficient (Wildman–Crippen LogP) is 3.70. The molecule has 0 saturated carbocycles. The minimum absolute atomic E-state index is 0.0768. The second kappa shape index (κ2) is 7.50. The zero-order chi connectivity index (χ0) is 17.1. The minimum Gasteiger partial charge on any atom is -0.324 e. The van der Waals surface area contributed by atoms with Crippen molar-refractivity contribution in [3.63, 3.8) is 0 Å². The van der Waals surface area contributed by atoms with Gasteiger partial charge in [-0.1, -0.05) is 12.1 Å². The van der Waals surface area contributed by atoms with Gasteiger partial charge in [0.1, 0.15) is 0 Å².